The average Bonchev–Trinajstić information content (AvgIpc) is 2.74. The lowest BCUT2D eigenvalue weighted by Crippen LogP contribution is -2.42. The van der Waals surface area contributed by atoms with E-state index in [1.807, 2.05) is 19.1 Å². The maximum atomic E-state index is 11.7. The van der Waals surface area contributed by atoms with Gasteiger partial charge < -0.3 is 20.3 Å². The van der Waals surface area contributed by atoms with Crippen molar-refractivity contribution in [2.24, 2.45) is 11.3 Å². The fraction of sp³-hybridized carbons (Fsp3) is 0.435. The molecule has 1 aromatic rings. The number of aryl methyl sites for hydroxylation is 1. The van der Waals surface area contributed by atoms with Crippen molar-refractivity contribution in [2.45, 2.75) is 33.3 Å². The number of rotatable bonds is 5. The van der Waals surface area contributed by atoms with E-state index in [4.69, 9.17) is 17.0 Å². The predicted octanol–water partition coefficient (Wildman–Crippen LogP) is 3.39. The van der Waals surface area contributed by atoms with Gasteiger partial charge in [0, 0.05) is 29.4 Å². The first-order chi connectivity index (χ1) is 14.2. The third-order valence-corrected chi connectivity index (χ3v) is 5.87. The van der Waals surface area contributed by atoms with Crippen LogP contribution in [0.1, 0.15) is 31.4 Å². The molecular formula is C23H29NO5S. The van der Waals surface area contributed by atoms with Gasteiger partial charge in [0.1, 0.15) is 0 Å². The zero-order chi connectivity index (χ0) is 22.3. The predicted molar refractivity (Wildman–Crippen MR) is 120 cm³/mol. The Bertz CT molecular complexity index is 840. The molecule has 2 aliphatic rings. The second-order valence-electron chi connectivity index (χ2n) is 7.64. The third kappa shape index (κ3) is 5.62. The van der Waals surface area contributed by atoms with Gasteiger partial charge in [-0.05, 0) is 25.8 Å². The highest BCUT2D eigenvalue weighted by Crippen LogP contribution is 2.40. The summed E-state index contributed by atoms with van der Waals surface area (Å²) in [5.74, 6) is -3.16. The van der Waals surface area contributed by atoms with Crippen LogP contribution in [0.2, 0.25) is 0 Å². The Morgan fingerprint density at radius 1 is 1.27 bits per heavy atom. The number of carboxylic acid groups (broad SMARTS) is 2. The van der Waals surface area contributed by atoms with Crippen LogP contribution in [0, 0.1) is 18.3 Å². The van der Waals surface area contributed by atoms with Crippen molar-refractivity contribution in [2.75, 3.05) is 19.7 Å². The topological polar surface area (TPSA) is 95.9 Å². The van der Waals surface area contributed by atoms with Crippen LogP contribution in [0.15, 0.2) is 48.1 Å². The summed E-state index contributed by atoms with van der Waals surface area (Å²) in [5, 5.41) is 22.2. The molecule has 6 nitrogen and oxygen atoms in total. The molecule has 3 unspecified atom stereocenters. The van der Waals surface area contributed by atoms with Crippen LogP contribution in [0.5, 0.6) is 0 Å². The number of aliphatic carboxylic acids is 2. The van der Waals surface area contributed by atoms with Crippen LogP contribution in [0.3, 0.4) is 0 Å². The molecule has 0 saturated carbocycles. The van der Waals surface area contributed by atoms with Crippen LogP contribution < -0.4 is 5.32 Å². The summed E-state index contributed by atoms with van der Waals surface area (Å²) in [7, 11) is 0. The lowest BCUT2D eigenvalue weighted by atomic mass is 9.67. The van der Waals surface area contributed by atoms with E-state index in [0.717, 1.165) is 31.7 Å². The van der Waals surface area contributed by atoms with Crippen molar-refractivity contribution in [1.29, 1.82) is 0 Å². The molecule has 1 saturated heterocycles. The molecule has 1 fully saturated rings. The molecular weight excluding hydrogens is 402 g/mol. The minimum atomic E-state index is -1.38. The number of hydrogen-bond donors (Lipinski definition) is 3. The number of carboxylic acids is 2. The van der Waals surface area contributed by atoms with Crippen molar-refractivity contribution < 1.29 is 24.5 Å². The normalized spacial score (nSPS) is 25.5. The van der Waals surface area contributed by atoms with Crippen molar-refractivity contribution >= 4 is 29.0 Å². The van der Waals surface area contributed by atoms with Gasteiger partial charge in [0.25, 0.3) is 0 Å². The van der Waals surface area contributed by atoms with E-state index in [0.29, 0.717) is 16.5 Å². The number of ether oxygens (including phenoxy) is 1. The summed E-state index contributed by atoms with van der Waals surface area (Å²) in [4.78, 5) is 23.5. The maximum absolute atomic E-state index is 11.7. The Morgan fingerprint density at radius 2 is 1.93 bits per heavy atom. The van der Waals surface area contributed by atoms with Gasteiger partial charge in [-0.15, -0.1) is 0 Å². The van der Waals surface area contributed by atoms with Gasteiger partial charge in [-0.3, -0.25) is 4.79 Å². The summed E-state index contributed by atoms with van der Waals surface area (Å²) in [6, 6.07) is 7.31. The molecule has 1 aliphatic heterocycles. The average molecular weight is 432 g/mol. The molecule has 0 bridgehead atoms. The Morgan fingerprint density at radius 3 is 2.40 bits per heavy atom. The van der Waals surface area contributed by atoms with E-state index in [-0.39, 0.29) is 5.57 Å². The largest absolute Gasteiger partial charge is 0.481 e. The number of thiocarbonyl (C=S) groups is 1. The van der Waals surface area contributed by atoms with Gasteiger partial charge >= 0.3 is 11.9 Å². The third-order valence-electron chi connectivity index (χ3n) is 5.39. The van der Waals surface area contributed by atoms with Gasteiger partial charge in [-0.25, -0.2) is 4.79 Å². The van der Waals surface area contributed by atoms with Gasteiger partial charge in [0.15, 0.2) is 0 Å². The smallest absolute Gasteiger partial charge is 0.332 e. The summed E-state index contributed by atoms with van der Waals surface area (Å²) >= 11 is 5.45. The number of allylic oxidation sites excluding steroid dienone is 2. The number of carbonyl (C=O) groups is 2. The van der Waals surface area contributed by atoms with Crippen LogP contribution in [-0.4, -0.2) is 52.8 Å². The Labute approximate surface area is 182 Å². The summed E-state index contributed by atoms with van der Waals surface area (Å²) in [6.07, 6.45) is 5.98. The standard InChI is InChI=1S/C17H16O4S.C6H13NO/c1-10-5-7-11(8-6-10)14(22)13-12(15(18)19)4-3-9-17(13,2)16(20)21;1-2-6-5-7-3-4-8-6/h3-9,13H,1-2H3,(H,18,19)(H,20,21);6-7H,2-5H2,1H3. The molecule has 3 atom stereocenters. The maximum Gasteiger partial charge on any atom is 0.332 e. The molecule has 30 heavy (non-hydrogen) atoms. The molecule has 1 aromatic carbocycles. The van der Waals surface area contributed by atoms with Crippen LogP contribution in [-0.2, 0) is 14.3 Å². The number of benzene rings is 1. The molecule has 162 valence electrons. The molecule has 3 rings (SSSR count). The van der Waals surface area contributed by atoms with Crippen molar-refractivity contribution in [3.63, 3.8) is 0 Å². The van der Waals surface area contributed by atoms with Crippen molar-refractivity contribution in [3.8, 4) is 0 Å². The molecule has 1 heterocycles. The minimum Gasteiger partial charge on any atom is -0.481 e. The van der Waals surface area contributed by atoms with E-state index in [9.17, 15) is 19.8 Å². The Balaban J connectivity index is 0.000000335. The second kappa shape index (κ2) is 10.6. The van der Waals surface area contributed by atoms with E-state index in [1.165, 1.54) is 25.2 Å². The monoisotopic (exact) mass is 431 g/mol. The molecule has 0 radical (unpaired) electrons. The highest BCUT2D eigenvalue weighted by molar-refractivity contribution is 7.81. The molecule has 7 heteroatoms. The van der Waals surface area contributed by atoms with Crippen LogP contribution in [0.4, 0.5) is 0 Å². The number of nitrogens with one attached hydrogen (secondary N) is 1. The summed E-state index contributed by atoms with van der Waals surface area (Å²) in [5.41, 5.74) is 0.327. The lowest BCUT2D eigenvalue weighted by molar-refractivity contribution is -0.146. The Kier molecular flexibility index (Phi) is 8.46. The Hall–Kier alpha value is -2.35. The van der Waals surface area contributed by atoms with E-state index >= 15 is 0 Å². The van der Waals surface area contributed by atoms with Gasteiger partial charge in [-0.2, -0.15) is 0 Å². The minimum absolute atomic E-state index is 0.00187. The van der Waals surface area contributed by atoms with Gasteiger partial charge in [-0.1, -0.05) is 67.2 Å². The molecule has 3 N–H and O–H groups in total. The first kappa shape index (κ1) is 23.9. The highest BCUT2D eigenvalue weighted by atomic mass is 32.1. The first-order valence-electron chi connectivity index (χ1n) is 10.00. The lowest BCUT2D eigenvalue weighted by Gasteiger charge is -2.34. The van der Waals surface area contributed by atoms with Crippen LogP contribution in [0.25, 0.3) is 0 Å². The van der Waals surface area contributed by atoms with Crippen molar-refractivity contribution in [1.82, 2.24) is 5.32 Å². The van der Waals surface area contributed by atoms with Crippen molar-refractivity contribution in [3.05, 3.63) is 59.2 Å². The van der Waals surface area contributed by atoms with E-state index in [2.05, 4.69) is 12.2 Å². The molecule has 0 spiro atoms. The van der Waals surface area contributed by atoms with Gasteiger partial charge in [0.05, 0.1) is 18.1 Å². The first-order valence-corrected chi connectivity index (χ1v) is 10.4. The SMILES string of the molecule is CCC1CNCCO1.Cc1ccc(C(=S)C2C(C(=O)O)=CC=CC2(C)C(=O)O)cc1. The quantitative estimate of drug-likeness (QED) is 0.486. The van der Waals surface area contributed by atoms with E-state index < -0.39 is 23.3 Å². The summed E-state index contributed by atoms with van der Waals surface area (Å²) < 4.78 is 5.36. The highest BCUT2D eigenvalue weighted by Gasteiger charge is 2.46. The fourth-order valence-corrected chi connectivity index (χ4v) is 3.94. The van der Waals surface area contributed by atoms with Gasteiger partial charge in [0.2, 0.25) is 0 Å². The number of morpholine rings is 1. The summed E-state index contributed by atoms with van der Waals surface area (Å²) in [6.45, 7) is 8.52. The molecule has 1 aliphatic carbocycles. The number of hydrogen-bond acceptors (Lipinski definition) is 5. The molecule has 0 aromatic heterocycles. The zero-order valence-corrected chi connectivity index (χ0v) is 18.4. The molecule has 0 amide bonds. The van der Waals surface area contributed by atoms with Crippen LogP contribution >= 0.6 is 12.2 Å². The fourth-order valence-electron chi connectivity index (χ4n) is 3.44. The zero-order valence-electron chi connectivity index (χ0n) is 17.6. The second-order valence-corrected chi connectivity index (χ2v) is 8.08. The van der Waals surface area contributed by atoms with E-state index in [1.54, 1.807) is 12.1 Å².